The number of thioether (sulfide) groups is 1. The number of carbonyl (C=O) groups is 1. The number of hydrogen-bond acceptors (Lipinski definition) is 7. The van der Waals surface area contributed by atoms with Crippen LogP contribution in [0.4, 0.5) is 0 Å². The third kappa shape index (κ3) is 4.16. The Morgan fingerprint density at radius 3 is 2.97 bits per heavy atom. The van der Waals surface area contributed by atoms with Crippen LogP contribution in [0.1, 0.15) is 23.3 Å². The average molecular weight is 512 g/mol. The lowest BCUT2D eigenvalue weighted by atomic mass is 10.1. The van der Waals surface area contributed by atoms with E-state index in [0.29, 0.717) is 17.5 Å². The lowest BCUT2D eigenvalue weighted by Crippen LogP contribution is -3.08. The van der Waals surface area contributed by atoms with Crippen molar-refractivity contribution in [1.29, 1.82) is 0 Å². The van der Waals surface area contributed by atoms with Gasteiger partial charge >= 0.3 is 0 Å². The van der Waals surface area contributed by atoms with E-state index >= 15 is 0 Å². The topological polar surface area (TPSA) is 95.0 Å². The van der Waals surface area contributed by atoms with E-state index in [1.807, 2.05) is 34.7 Å². The maximum Gasteiger partial charge on any atom is 0.268 e. The number of benzene rings is 1. The first-order chi connectivity index (χ1) is 17.1. The minimum atomic E-state index is -0.0643. The van der Waals surface area contributed by atoms with Crippen LogP contribution in [0.3, 0.4) is 0 Å². The molecule has 1 saturated heterocycles. The summed E-state index contributed by atoms with van der Waals surface area (Å²) in [5, 5.41) is 13.2. The van der Waals surface area contributed by atoms with Crippen molar-refractivity contribution < 1.29 is 14.4 Å². The van der Waals surface area contributed by atoms with Crippen LogP contribution in [-0.4, -0.2) is 63.7 Å². The Morgan fingerprint density at radius 2 is 2.17 bits per heavy atom. The van der Waals surface area contributed by atoms with Crippen LogP contribution in [0.5, 0.6) is 0 Å². The molecule has 2 aliphatic rings. The van der Waals surface area contributed by atoms with Gasteiger partial charge < -0.3 is 15.0 Å². The van der Waals surface area contributed by atoms with Gasteiger partial charge in [0.05, 0.1) is 41.4 Å². The monoisotopic (exact) mass is 511 g/mol. The SMILES string of the molecule is C[NH+]1CCc2c(sc3c2c(=O)n(-c2ccccc2)c2nnc(SCC(=O)NC[C@H]4CCCO4)n32)C1. The molecule has 0 aliphatic carbocycles. The lowest BCUT2D eigenvalue weighted by molar-refractivity contribution is -0.895. The summed E-state index contributed by atoms with van der Waals surface area (Å²) in [6.45, 7) is 3.20. The second kappa shape index (κ2) is 9.38. The number of fused-ring (bicyclic) bond motifs is 5. The Hall–Kier alpha value is -2.73. The van der Waals surface area contributed by atoms with Crippen LogP contribution >= 0.6 is 23.1 Å². The normalized spacial score (nSPS) is 19.9. The highest BCUT2D eigenvalue weighted by molar-refractivity contribution is 7.99. The van der Waals surface area contributed by atoms with Gasteiger partial charge in [0.15, 0.2) is 5.16 Å². The fourth-order valence-corrected chi connectivity index (χ4v) is 7.16. The second-order valence-electron chi connectivity index (χ2n) is 9.14. The molecule has 0 saturated carbocycles. The highest BCUT2D eigenvalue weighted by Crippen LogP contribution is 2.33. The molecule has 11 heteroatoms. The zero-order chi connectivity index (χ0) is 23.9. The summed E-state index contributed by atoms with van der Waals surface area (Å²) in [5.41, 5.74) is 1.83. The molecule has 4 aromatic rings. The van der Waals surface area contributed by atoms with Crippen molar-refractivity contribution in [2.24, 2.45) is 0 Å². The van der Waals surface area contributed by atoms with Gasteiger partial charge in [0.1, 0.15) is 11.4 Å². The molecule has 5 heterocycles. The molecule has 3 aromatic heterocycles. The lowest BCUT2D eigenvalue weighted by Gasteiger charge is -2.19. The van der Waals surface area contributed by atoms with Crippen LogP contribution in [0.25, 0.3) is 21.7 Å². The van der Waals surface area contributed by atoms with Crippen LogP contribution in [0.15, 0.2) is 40.3 Å². The van der Waals surface area contributed by atoms with E-state index in [1.165, 1.54) is 21.5 Å². The van der Waals surface area contributed by atoms with Crippen molar-refractivity contribution in [3.63, 3.8) is 0 Å². The third-order valence-corrected chi connectivity index (χ3v) is 8.82. The summed E-state index contributed by atoms with van der Waals surface area (Å²) in [6, 6.07) is 9.56. The summed E-state index contributed by atoms with van der Waals surface area (Å²) in [5.74, 6) is 0.623. The number of likely N-dealkylation sites (N-methyl/N-ethyl adjacent to an activating group) is 1. The number of quaternary nitrogens is 1. The molecule has 1 fully saturated rings. The summed E-state index contributed by atoms with van der Waals surface area (Å²) in [7, 11) is 2.18. The summed E-state index contributed by atoms with van der Waals surface area (Å²) in [6.07, 6.45) is 3.00. The molecule has 2 N–H and O–H groups in total. The number of thiophene rings is 1. The van der Waals surface area contributed by atoms with E-state index in [4.69, 9.17) is 4.74 Å². The van der Waals surface area contributed by atoms with Gasteiger partial charge in [-0.25, -0.2) is 8.97 Å². The Morgan fingerprint density at radius 1 is 1.31 bits per heavy atom. The standard InChI is InChI=1S/C24H26N6O3S2/c1-28-10-9-17-18(13-28)35-22-20(17)21(32)29(15-6-3-2-4-7-15)23-26-27-24(30(22)23)34-14-19(31)25-12-16-8-5-11-33-16/h2-4,6-7,16H,5,8-14H2,1H3,(H,25,31)/p+1/t16-/m1/s1. The van der Waals surface area contributed by atoms with Gasteiger partial charge in [-0.1, -0.05) is 30.0 Å². The molecule has 0 radical (unpaired) electrons. The smallest absolute Gasteiger partial charge is 0.268 e. The Kier molecular flexibility index (Phi) is 6.09. The van der Waals surface area contributed by atoms with Crippen LogP contribution in [0, 0.1) is 0 Å². The van der Waals surface area contributed by atoms with Crippen molar-refractivity contribution in [1.82, 2.24) is 24.5 Å². The van der Waals surface area contributed by atoms with Crippen molar-refractivity contribution in [3.8, 4) is 5.69 Å². The first-order valence-electron chi connectivity index (χ1n) is 11.9. The molecule has 1 amide bonds. The number of carbonyl (C=O) groups excluding carboxylic acids is 1. The molecule has 6 rings (SSSR count). The van der Waals surface area contributed by atoms with Gasteiger partial charge in [0.25, 0.3) is 5.56 Å². The van der Waals surface area contributed by atoms with E-state index in [9.17, 15) is 9.59 Å². The van der Waals surface area contributed by atoms with Gasteiger partial charge in [-0.3, -0.25) is 9.59 Å². The number of para-hydroxylation sites is 1. The van der Waals surface area contributed by atoms with Crippen molar-refractivity contribution in [3.05, 3.63) is 51.1 Å². The predicted octanol–water partition coefficient (Wildman–Crippen LogP) is 1.05. The van der Waals surface area contributed by atoms with Gasteiger partial charge in [0.2, 0.25) is 11.7 Å². The van der Waals surface area contributed by atoms with Crippen molar-refractivity contribution in [2.45, 2.75) is 37.1 Å². The minimum Gasteiger partial charge on any atom is -0.376 e. The Balaban J connectivity index is 1.41. The second-order valence-corrected chi connectivity index (χ2v) is 11.2. The molecular formula is C24H27N6O3S2+. The number of amides is 1. The van der Waals surface area contributed by atoms with Crippen LogP contribution in [0.2, 0.25) is 0 Å². The molecule has 1 aromatic carbocycles. The van der Waals surface area contributed by atoms with Crippen LogP contribution in [-0.2, 0) is 22.5 Å². The summed E-state index contributed by atoms with van der Waals surface area (Å²) < 4.78 is 9.20. The molecule has 182 valence electrons. The molecule has 2 atom stereocenters. The number of ether oxygens (including phenoxy) is 1. The van der Waals surface area contributed by atoms with E-state index in [0.717, 1.165) is 60.4 Å². The zero-order valence-electron chi connectivity index (χ0n) is 19.5. The maximum atomic E-state index is 13.8. The molecule has 35 heavy (non-hydrogen) atoms. The van der Waals surface area contributed by atoms with Crippen LogP contribution < -0.4 is 15.8 Å². The highest BCUT2D eigenvalue weighted by Gasteiger charge is 2.28. The largest absolute Gasteiger partial charge is 0.376 e. The fourth-order valence-electron chi connectivity index (χ4n) is 4.89. The zero-order valence-corrected chi connectivity index (χ0v) is 21.1. The number of nitrogens with zero attached hydrogens (tertiary/aromatic N) is 4. The Labute approximate surface area is 210 Å². The molecular weight excluding hydrogens is 484 g/mol. The fraction of sp³-hybridized carbons (Fsp3) is 0.417. The van der Waals surface area contributed by atoms with E-state index in [1.54, 1.807) is 15.9 Å². The van der Waals surface area contributed by atoms with E-state index < -0.39 is 0 Å². The Bertz CT molecular complexity index is 1460. The minimum absolute atomic E-state index is 0.0611. The van der Waals surface area contributed by atoms with E-state index in [2.05, 4.69) is 22.6 Å². The van der Waals surface area contributed by atoms with Crippen molar-refractivity contribution in [2.75, 3.05) is 32.5 Å². The maximum absolute atomic E-state index is 13.8. The molecule has 0 spiro atoms. The summed E-state index contributed by atoms with van der Waals surface area (Å²) >= 11 is 2.99. The first-order valence-corrected chi connectivity index (χ1v) is 13.7. The molecule has 1 unspecified atom stereocenters. The third-order valence-electron chi connectivity index (χ3n) is 6.67. The van der Waals surface area contributed by atoms with Crippen molar-refractivity contribution >= 4 is 45.0 Å². The number of rotatable bonds is 6. The highest BCUT2D eigenvalue weighted by atomic mass is 32.2. The van der Waals surface area contributed by atoms with Gasteiger partial charge in [-0.15, -0.1) is 21.5 Å². The van der Waals surface area contributed by atoms with Gasteiger partial charge in [-0.05, 0) is 30.5 Å². The number of nitrogens with one attached hydrogen (secondary N) is 2. The molecule has 9 nitrogen and oxygen atoms in total. The van der Waals surface area contributed by atoms with Gasteiger partial charge in [-0.2, -0.15) is 0 Å². The number of aromatic nitrogens is 4. The van der Waals surface area contributed by atoms with E-state index in [-0.39, 0.29) is 23.3 Å². The quantitative estimate of drug-likeness (QED) is 0.376. The molecule has 2 aliphatic heterocycles. The summed E-state index contributed by atoms with van der Waals surface area (Å²) in [4.78, 5) is 29.9. The first kappa shape index (κ1) is 22.7. The average Bonchev–Trinajstić information content (AvgIpc) is 3.60. The molecule has 0 bridgehead atoms. The number of hydrogen-bond donors (Lipinski definition) is 2. The van der Waals surface area contributed by atoms with Gasteiger partial charge in [0, 0.05) is 19.6 Å². The predicted molar refractivity (Wildman–Crippen MR) is 136 cm³/mol.